The zero-order valence-corrected chi connectivity index (χ0v) is 17.2. The quantitative estimate of drug-likeness (QED) is 0.730. The number of fused-ring (bicyclic) bond motifs is 1. The number of nitrogens with one attached hydrogen (secondary N) is 2. The van der Waals surface area contributed by atoms with Crippen LogP contribution in [0.5, 0.6) is 0 Å². The van der Waals surface area contributed by atoms with Gasteiger partial charge in [0.15, 0.2) is 0 Å². The molecular formula is C22H28ClN3O. The molecule has 0 saturated heterocycles. The van der Waals surface area contributed by atoms with Crippen LogP contribution in [-0.2, 0) is 17.9 Å². The van der Waals surface area contributed by atoms with Crippen LogP contribution in [0.15, 0.2) is 36.4 Å². The highest BCUT2D eigenvalue weighted by Gasteiger charge is 2.26. The molecule has 1 aliphatic rings. The molecule has 0 spiro atoms. The molecule has 4 nitrogen and oxygen atoms in total. The number of benzene rings is 2. The molecule has 2 aromatic carbocycles. The fraction of sp³-hybridized carbons (Fsp3) is 0.409. The smallest absolute Gasteiger partial charge is 0.243 e. The van der Waals surface area contributed by atoms with E-state index in [0.717, 1.165) is 24.3 Å². The lowest BCUT2D eigenvalue weighted by molar-refractivity contribution is -0.114. The van der Waals surface area contributed by atoms with E-state index in [1.807, 2.05) is 25.1 Å². The molecule has 2 aromatic rings. The zero-order chi connectivity index (χ0) is 19.6. The predicted octanol–water partition coefficient (Wildman–Crippen LogP) is 5.06. The normalized spacial score (nSPS) is 14.9. The second-order valence-electron chi connectivity index (χ2n) is 7.72. The summed E-state index contributed by atoms with van der Waals surface area (Å²) < 4.78 is 0. The lowest BCUT2D eigenvalue weighted by Crippen LogP contribution is -2.32. The molecule has 3 rings (SSSR count). The van der Waals surface area contributed by atoms with E-state index < -0.39 is 0 Å². The van der Waals surface area contributed by atoms with Crippen molar-refractivity contribution < 1.29 is 4.79 Å². The highest BCUT2D eigenvalue weighted by molar-refractivity contribution is 6.33. The molecule has 0 fully saturated rings. The largest absolute Gasteiger partial charge is 0.376 e. The van der Waals surface area contributed by atoms with Crippen molar-refractivity contribution in [2.45, 2.75) is 46.8 Å². The first-order valence-corrected chi connectivity index (χ1v) is 9.87. The van der Waals surface area contributed by atoms with Crippen LogP contribution in [0.25, 0.3) is 0 Å². The van der Waals surface area contributed by atoms with Crippen molar-refractivity contribution in [3.05, 3.63) is 58.1 Å². The van der Waals surface area contributed by atoms with Crippen LogP contribution in [0.1, 0.15) is 37.5 Å². The summed E-state index contributed by atoms with van der Waals surface area (Å²) in [7, 11) is 0. The van der Waals surface area contributed by atoms with Gasteiger partial charge in [-0.15, -0.1) is 0 Å². The Kier molecular flexibility index (Phi) is 6.08. The van der Waals surface area contributed by atoms with E-state index in [0.29, 0.717) is 22.7 Å². The molecule has 0 aromatic heterocycles. The topological polar surface area (TPSA) is 44.4 Å². The number of rotatable bonds is 6. The van der Waals surface area contributed by atoms with Gasteiger partial charge in [0.25, 0.3) is 0 Å². The summed E-state index contributed by atoms with van der Waals surface area (Å²) in [5.41, 5.74) is 5.39. The Morgan fingerprint density at radius 2 is 1.93 bits per heavy atom. The number of amides is 1. The molecule has 0 radical (unpaired) electrons. The molecule has 27 heavy (non-hydrogen) atoms. The maximum Gasteiger partial charge on any atom is 0.243 e. The van der Waals surface area contributed by atoms with Gasteiger partial charge in [-0.2, -0.15) is 0 Å². The molecule has 144 valence electrons. The number of hydrogen-bond acceptors (Lipinski definition) is 3. The van der Waals surface area contributed by atoms with E-state index >= 15 is 0 Å². The maximum atomic E-state index is 12.3. The number of aryl methyl sites for hydroxylation is 1. The molecule has 1 amide bonds. The minimum Gasteiger partial charge on any atom is -0.376 e. The number of nitrogens with zero attached hydrogens (tertiary/aromatic N) is 1. The van der Waals surface area contributed by atoms with Crippen molar-refractivity contribution >= 4 is 28.9 Å². The summed E-state index contributed by atoms with van der Waals surface area (Å²) in [5.74, 6) is 0.504. The van der Waals surface area contributed by atoms with Gasteiger partial charge >= 0.3 is 0 Å². The Balaban J connectivity index is 1.63. The van der Waals surface area contributed by atoms with E-state index in [-0.39, 0.29) is 12.5 Å². The van der Waals surface area contributed by atoms with Crippen LogP contribution in [0.4, 0.5) is 11.4 Å². The highest BCUT2D eigenvalue weighted by Crippen LogP contribution is 2.32. The molecule has 0 saturated carbocycles. The first-order chi connectivity index (χ1) is 12.8. The number of hydrogen-bond donors (Lipinski definition) is 2. The molecule has 0 aliphatic carbocycles. The van der Waals surface area contributed by atoms with Crippen LogP contribution in [0.2, 0.25) is 5.02 Å². The molecule has 1 heterocycles. The van der Waals surface area contributed by atoms with Crippen molar-refractivity contribution in [3.8, 4) is 0 Å². The molecule has 0 bridgehead atoms. The minimum absolute atomic E-state index is 0.108. The first-order valence-electron chi connectivity index (χ1n) is 9.50. The van der Waals surface area contributed by atoms with E-state index in [2.05, 4.69) is 54.5 Å². The van der Waals surface area contributed by atoms with E-state index in [9.17, 15) is 4.79 Å². The monoisotopic (exact) mass is 385 g/mol. The Labute approximate surface area is 166 Å². The van der Waals surface area contributed by atoms with Gasteiger partial charge in [0.05, 0.1) is 17.3 Å². The van der Waals surface area contributed by atoms with Crippen molar-refractivity contribution in [2.24, 2.45) is 5.92 Å². The Morgan fingerprint density at radius 1 is 1.15 bits per heavy atom. The minimum atomic E-state index is -0.108. The third kappa shape index (κ3) is 4.63. The molecular weight excluding hydrogens is 358 g/mol. The van der Waals surface area contributed by atoms with E-state index in [1.165, 1.54) is 11.1 Å². The van der Waals surface area contributed by atoms with Crippen LogP contribution in [0, 0.1) is 12.8 Å². The van der Waals surface area contributed by atoms with Gasteiger partial charge in [-0.3, -0.25) is 9.69 Å². The highest BCUT2D eigenvalue weighted by atomic mass is 35.5. The lowest BCUT2D eigenvalue weighted by Gasteiger charge is -2.27. The molecule has 1 atom stereocenters. The van der Waals surface area contributed by atoms with Crippen LogP contribution in [-0.4, -0.2) is 23.4 Å². The van der Waals surface area contributed by atoms with Crippen molar-refractivity contribution in [2.75, 3.05) is 17.2 Å². The zero-order valence-electron chi connectivity index (χ0n) is 16.5. The molecule has 1 aliphatic heterocycles. The summed E-state index contributed by atoms with van der Waals surface area (Å²) in [4.78, 5) is 14.8. The first kappa shape index (κ1) is 19.7. The summed E-state index contributed by atoms with van der Waals surface area (Å²) in [6, 6.07) is 12.4. The third-order valence-electron chi connectivity index (χ3n) is 5.39. The average Bonchev–Trinajstić information content (AvgIpc) is 3.06. The molecule has 2 N–H and O–H groups in total. The van der Waals surface area contributed by atoms with E-state index in [1.54, 1.807) is 0 Å². The maximum absolute atomic E-state index is 12.3. The summed E-state index contributed by atoms with van der Waals surface area (Å²) in [6.07, 6.45) is 0. The molecule has 5 heteroatoms. The van der Waals surface area contributed by atoms with Crippen LogP contribution < -0.4 is 10.6 Å². The number of carbonyl (C=O) groups is 1. The van der Waals surface area contributed by atoms with Gasteiger partial charge in [-0.05, 0) is 54.7 Å². The Hall–Kier alpha value is -2.04. The van der Waals surface area contributed by atoms with Crippen LogP contribution >= 0.6 is 11.6 Å². The van der Waals surface area contributed by atoms with Gasteiger partial charge in [0, 0.05) is 24.8 Å². The summed E-state index contributed by atoms with van der Waals surface area (Å²) >= 11 is 6.20. The van der Waals surface area contributed by atoms with Gasteiger partial charge in [0.1, 0.15) is 0 Å². The van der Waals surface area contributed by atoms with Gasteiger partial charge in [0.2, 0.25) is 5.91 Å². The molecule has 1 unspecified atom stereocenters. The number of carbonyl (C=O) groups excluding carboxylic acids is 1. The fourth-order valence-electron chi connectivity index (χ4n) is 3.41. The van der Waals surface area contributed by atoms with Gasteiger partial charge < -0.3 is 10.6 Å². The average molecular weight is 386 g/mol. The number of halogens is 1. The Morgan fingerprint density at radius 3 is 2.63 bits per heavy atom. The second kappa shape index (κ2) is 8.32. The standard InChI is InChI=1S/C22H28ClN3O/c1-14(2)16(4)26-12-17-6-5-7-20(18(17)13-26)24-11-22(27)25-21-9-8-15(3)10-19(21)23/h5-10,14,16,24H,11-13H2,1-4H3,(H,25,27). The predicted molar refractivity (Wildman–Crippen MR) is 113 cm³/mol. The van der Waals surface area contributed by atoms with Gasteiger partial charge in [-0.1, -0.05) is 43.6 Å². The van der Waals surface area contributed by atoms with E-state index in [4.69, 9.17) is 11.6 Å². The van der Waals surface area contributed by atoms with Crippen molar-refractivity contribution in [1.82, 2.24) is 4.90 Å². The van der Waals surface area contributed by atoms with Crippen molar-refractivity contribution in [3.63, 3.8) is 0 Å². The third-order valence-corrected chi connectivity index (χ3v) is 5.70. The lowest BCUT2D eigenvalue weighted by atomic mass is 10.1. The summed E-state index contributed by atoms with van der Waals surface area (Å²) in [6.45, 7) is 10.9. The van der Waals surface area contributed by atoms with Crippen LogP contribution in [0.3, 0.4) is 0 Å². The second-order valence-corrected chi connectivity index (χ2v) is 8.13. The SMILES string of the molecule is Cc1ccc(NC(=O)CNc2cccc3c2CN(C(C)C(C)C)C3)c(Cl)c1. The Bertz CT molecular complexity index is 834. The van der Waals surface area contributed by atoms with Gasteiger partial charge in [-0.25, -0.2) is 0 Å². The number of anilines is 2. The van der Waals surface area contributed by atoms with Crippen molar-refractivity contribution in [1.29, 1.82) is 0 Å². The summed E-state index contributed by atoms with van der Waals surface area (Å²) in [5, 5.41) is 6.73. The fourth-order valence-corrected chi connectivity index (χ4v) is 3.70.